The zero-order valence-corrected chi connectivity index (χ0v) is 8.81. The van der Waals surface area contributed by atoms with Crippen LogP contribution < -0.4 is 5.73 Å². The number of rotatable bonds is 3. The molecule has 80 valence electrons. The van der Waals surface area contributed by atoms with E-state index in [4.69, 9.17) is 5.73 Å². The van der Waals surface area contributed by atoms with Crippen LogP contribution in [0.2, 0.25) is 0 Å². The van der Waals surface area contributed by atoms with Crippen molar-refractivity contribution in [1.29, 1.82) is 0 Å². The maximum atomic E-state index is 10.6. The third-order valence-corrected chi connectivity index (χ3v) is 2.25. The molecule has 1 aromatic rings. The minimum absolute atomic E-state index is 0.0792. The lowest BCUT2D eigenvalue weighted by molar-refractivity contribution is -0.384. The van der Waals surface area contributed by atoms with E-state index in [0.717, 1.165) is 5.56 Å². The first kappa shape index (κ1) is 11.2. The number of non-ortho nitro benzene ring substituents is 1. The summed E-state index contributed by atoms with van der Waals surface area (Å²) < 4.78 is 0. The minimum Gasteiger partial charge on any atom is -0.398 e. The summed E-state index contributed by atoms with van der Waals surface area (Å²) in [4.78, 5) is 10.2. The van der Waals surface area contributed by atoms with Gasteiger partial charge in [-0.1, -0.05) is 19.1 Å². The maximum absolute atomic E-state index is 10.6. The molecule has 0 saturated heterocycles. The van der Waals surface area contributed by atoms with Crippen LogP contribution in [0.15, 0.2) is 30.4 Å². The molecule has 0 heterocycles. The Bertz CT molecular complexity index is 400. The first-order valence-electron chi connectivity index (χ1n) is 4.73. The molecule has 0 aliphatic rings. The van der Waals surface area contributed by atoms with E-state index in [0.29, 0.717) is 5.69 Å². The van der Waals surface area contributed by atoms with Crippen LogP contribution in [-0.2, 0) is 0 Å². The average molecular weight is 206 g/mol. The predicted octanol–water partition coefficient (Wildman–Crippen LogP) is 2.86. The first-order chi connectivity index (χ1) is 7.06. The number of allylic oxidation sites excluding steroid dienone is 2. The summed E-state index contributed by atoms with van der Waals surface area (Å²) in [5.41, 5.74) is 7.23. The zero-order chi connectivity index (χ0) is 11.4. The number of nitrogens with zero attached hydrogens (tertiary/aromatic N) is 1. The highest BCUT2D eigenvalue weighted by atomic mass is 16.6. The van der Waals surface area contributed by atoms with Crippen LogP contribution in [0.5, 0.6) is 0 Å². The molecule has 0 amide bonds. The van der Waals surface area contributed by atoms with E-state index in [2.05, 4.69) is 0 Å². The Balaban J connectivity index is 3.15. The smallest absolute Gasteiger partial charge is 0.269 e. The van der Waals surface area contributed by atoms with E-state index in [-0.39, 0.29) is 11.6 Å². The number of nitrogens with two attached hydrogens (primary N) is 1. The number of nitro benzene ring substituents is 1. The van der Waals surface area contributed by atoms with Crippen molar-refractivity contribution in [2.45, 2.75) is 19.8 Å². The van der Waals surface area contributed by atoms with Crippen molar-refractivity contribution in [1.82, 2.24) is 0 Å². The lowest BCUT2D eigenvalue weighted by Crippen LogP contribution is -1.99. The van der Waals surface area contributed by atoms with E-state index in [1.165, 1.54) is 12.1 Å². The highest BCUT2D eigenvalue weighted by Crippen LogP contribution is 2.27. The molecule has 4 heteroatoms. The van der Waals surface area contributed by atoms with Crippen molar-refractivity contribution in [2.75, 3.05) is 5.73 Å². The fourth-order valence-electron chi connectivity index (χ4n) is 1.46. The molecule has 0 bridgehead atoms. The Morgan fingerprint density at radius 1 is 1.53 bits per heavy atom. The van der Waals surface area contributed by atoms with Gasteiger partial charge in [0.2, 0.25) is 0 Å². The normalized spacial score (nSPS) is 12.9. The minimum atomic E-state index is -0.411. The number of benzene rings is 1. The van der Waals surface area contributed by atoms with Crippen LogP contribution in [0, 0.1) is 10.1 Å². The van der Waals surface area contributed by atoms with Crippen LogP contribution in [-0.4, -0.2) is 4.92 Å². The molecule has 4 nitrogen and oxygen atoms in total. The summed E-state index contributed by atoms with van der Waals surface area (Å²) in [6, 6.07) is 4.52. The molecule has 0 spiro atoms. The molecule has 1 unspecified atom stereocenters. The van der Waals surface area contributed by atoms with Gasteiger partial charge in [-0.2, -0.15) is 0 Å². The van der Waals surface area contributed by atoms with Crippen molar-refractivity contribution in [2.24, 2.45) is 0 Å². The number of nitro groups is 1. The Labute approximate surface area is 88.6 Å². The van der Waals surface area contributed by atoms with Gasteiger partial charge in [0, 0.05) is 23.7 Å². The second kappa shape index (κ2) is 4.59. The molecule has 1 rings (SSSR count). The van der Waals surface area contributed by atoms with Gasteiger partial charge in [0.25, 0.3) is 5.69 Å². The molecule has 0 aliphatic carbocycles. The van der Waals surface area contributed by atoms with E-state index in [1.54, 1.807) is 6.07 Å². The Morgan fingerprint density at radius 3 is 2.73 bits per heavy atom. The summed E-state index contributed by atoms with van der Waals surface area (Å²) in [7, 11) is 0. The molecule has 1 atom stereocenters. The second-order valence-electron chi connectivity index (χ2n) is 3.38. The molecule has 2 N–H and O–H groups in total. The SMILES string of the molecule is CC=CC(C)c1cc([N+](=O)[O-])ccc1N. The van der Waals surface area contributed by atoms with Gasteiger partial charge >= 0.3 is 0 Å². The monoisotopic (exact) mass is 206 g/mol. The van der Waals surface area contributed by atoms with Crippen molar-refractivity contribution in [3.63, 3.8) is 0 Å². The quantitative estimate of drug-likeness (QED) is 0.358. The largest absolute Gasteiger partial charge is 0.398 e. The Morgan fingerprint density at radius 2 is 2.20 bits per heavy atom. The summed E-state index contributed by atoms with van der Waals surface area (Å²) in [6.07, 6.45) is 3.86. The number of anilines is 1. The van der Waals surface area contributed by atoms with Crippen molar-refractivity contribution >= 4 is 11.4 Å². The maximum Gasteiger partial charge on any atom is 0.269 e. The highest BCUT2D eigenvalue weighted by molar-refractivity contribution is 5.55. The topological polar surface area (TPSA) is 69.2 Å². The van der Waals surface area contributed by atoms with Crippen LogP contribution in [0.4, 0.5) is 11.4 Å². The molecule has 0 fully saturated rings. The molecule has 15 heavy (non-hydrogen) atoms. The Kier molecular flexibility index (Phi) is 3.44. The van der Waals surface area contributed by atoms with Crippen molar-refractivity contribution in [3.05, 3.63) is 46.0 Å². The molecular formula is C11H14N2O2. The van der Waals surface area contributed by atoms with Gasteiger partial charge in [-0.05, 0) is 18.6 Å². The molecule has 0 aliphatic heterocycles. The number of hydrogen-bond acceptors (Lipinski definition) is 3. The van der Waals surface area contributed by atoms with Gasteiger partial charge in [-0.25, -0.2) is 0 Å². The van der Waals surface area contributed by atoms with Gasteiger partial charge < -0.3 is 5.73 Å². The fourth-order valence-corrected chi connectivity index (χ4v) is 1.46. The van der Waals surface area contributed by atoms with Gasteiger partial charge in [-0.15, -0.1) is 0 Å². The summed E-state index contributed by atoms with van der Waals surface area (Å²) in [6.45, 7) is 3.86. The van der Waals surface area contributed by atoms with E-state index in [1.807, 2.05) is 26.0 Å². The van der Waals surface area contributed by atoms with Crippen LogP contribution in [0.1, 0.15) is 25.3 Å². The molecule has 1 aromatic carbocycles. The number of nitrogen functional groups attached to an aromatic ring is 1. The lowest BCUT2D eigenvalue weighted by Gasteiger charge is -2.09. The van der Waals surface area contributed by atoms with Crippen molar-refractivity contribution in [3.8, 4) is 0 Å². The average Bonchev–Trinajstić information content (AvgIpc) is 2.18. The number of hydrogen-bond donors (Lipinski definition) is 1. The summed E-state index contributed by atoms with van der Waals surface area (Å²) >= 11 is 0. The molecule has 0 aromatic heterocycles. The van der Waals surface area contributed by atoms with Crippen LogP contribution in [0.25, 0.3) is 0 Å². The van der Waals surface area contributed by atoms with Crippen molar-refractivity contribution < 1.29 is 4.92 Å². The van der Waals surface area contributed by atoms with Gasteiger partial charge in [0.05, 0.1) is 4.92 Å². The highest BCUT2D eigenvalue weighted by Gasteiger charge is 2.12. The summed E-state index contributed by atoms with van der Waals surface area (Å²) in [5.74, 6) is 0.0925. The third-order valence-electron chi connectivity index (χ3n) is 2.25. The van der Waals surface area contributed by atoms with Gasteiger partial charge in [0.1, 0.15) is 0 Å². The fraction of sp³-hybridized carbons (Fsp3) is 0.273. The standard InChI is InChI=1S/C11H14N2O2/c1-3-4-8(2)10-7-9(13(14)15)5-6-11(10)12/h3-8H,12H2,1-2H3. The molecule has 0 saturated carbocycles. The van der Waals surface area contributed by atoms with Crippen LogP contribution in [0.3, 0.4) is 0 Å². The van der Waals surface area contributed by atoms with Gasteiger partial charge in [-0.3, -0.25) is 10.1 Å². The Hall–Kier alpha value is -1.84. The van der Waals surface area contributed by atoms with E-state index in [9.17, 15) is 10.1 Å². The third kappa shape index (κ3) is 2.56. The lowest BCUT2D eigenvalue weighted by atomic mass is 9.98. The van der Waals surface area contributed by atoms with Gasteiger partial charge in [0.15, 0.2) is 0 Å². The van der Waals surface area contributed by atoms with E-state index < -0.39 is 4.92 Å². The second-order valence-corrected chi connectivity index (χ2v) is 3.38. The van der Waals surface area contributed by atoms with Crippen LogP contribution >= 0.6 is 0 Å². The zero-order valence-electron chi connectivity index (χ0n) is 8.81. The van der Waals surface area contributed by atoms with E-state index >= 15 is 0 Å². The molecular weight excluding hydrogens is 192 g/mol. The summed E-state index contributed by atoms with van der Waals surface area (Å²) in [5, 5.41) is 10.6. The first-order valence-corrected chi connectivity index (χ1v) is 4.73. The predicted molar refractivity (Wildman–Crippen MR) is 60.7 cm³/mol. The molecule has 0 radical (unpaired) electrons.